The maximum atomic E-state index is 11.3. The molecule has 0 saturated heterocycles. The summed E-state index contributed by atoms with van der Waals surface area (Å²) in [5.41, 5.74) is 2.18. The molecular weight excluding hydrogens is 212 g/mol. The predicted molar refractivity (Wildman–Crippen MR) is 67.0 cm³/mol. The van der Waals surface area contributed by atoms with Crippen LogP contribution in [0.1, 0.15) is 38.1 Å². The number of fused-ring (bicyclic) bond motifs is 1. The molecule has 17 heavy (non-hydrogen) atoms. The van der Waals surface area contributed by atoms with Crippen LogP contribution < -0.4 is 0 Å². The lowest BCUT2D eigenvalue weighted by atomic mass is 9.92. The number of benzene rings is 1. The van der Waals surface area contributed by atoms with Crippen LogP contribution >= 0.6 is 0 Å². The monoisotopic (exact) mass is 228 g/mol. The van der Waals surface area contributed by atoms with Crippen molar-refractivity contribution in [2.75, 3.05) is 0 Å². The molecular formula is C14H16N2O. The van der Waals surface area contributed by atoms with Crippen molar-refractivity contribution in [1.29, 1.82) is 0 Å². The van der Waals surface area contributed by atoms with Crippen molar-refractivity contribution in [1.82, 2.24) is 9.55 Å². The number of Topliss-reactive ketones (excluding diaryl/α,β-unsaturated/α-hetero) is 1. The lowest BCUT2D eigenvalue weighted by molar-refractivity contribution is -0.116. The molecule has 0 radical (unpaired) electrons. The predicted octanol–water partition coefficient (Wildman–Crippen LogP) is 2.89. The summed E-state index contributed by atoms with van der Waals surface area (Å²) in [7, 11) is 0. The maximum Gasteiger partial charge on any atom is 0.137 e. The van der Waals surface area contributed by atoms with Crippen LogP contribution in [0.3, 0.4) is 0 Å². The Balaban J connectivity index is 2.14. The van der Waals surface area contributed by atoms with E-state index in [1.165, 1.54) is 24.8 Å². The van der Waals surface area contributed by atoms with Crippen LogP contribution in [0, 0.1) is 0 Å². The minimum Gasteiger partial charge on any atom is -0.324 e. The summed E-state index contributed by atoms with van der Waals surface area (Å²) in [6, 6.07) is 8.71. The SMILES string of the molecule is CC(=O)Cc1nc2ccccc2n1C1CCC1. The standard InChI is InChI=1S/C14H16N2O/c1-10(17)9-14-15-12-7-2-3-8-13(12)16(14)11-5-4-6-11/h2-3,7-8,11H,4-6,9H2,1H3. The molecule has 0 N–H and O–H groups in total. The Morgan fingerprint density at radius 3 is 2.82 bits per heavy atom. The number of rotatable bonds is 3. The first-order valence-corrected chi connectivity index (χ1v) is 6.21. The summed E-state index contributed by atoms with van der Waals surface area (Å²) in [5.74, 6) is 1.12. The topological polar surface area (TPSA) is 34.9 Å². The molecule has 1 aromatic carbocycles. The minimum absolute atomic E-state index is 0.181. The van der Waals surface area contributed by atoms with Gasteiger partial charge in [-0.15, -0.1) is 0 Å². The van der Waals surface area contributed by atoms with Crippen molar-refractivity contribution < 1.29 is 4.79 Å². The molecule has 1 saturated carbocycles. The number of carbonyl (C=O) groups excluding carboxylic acids is 1. The fourth-order valence-corrected chi connectivity index (χ4v) is 2.49. The largest absolute Gasteiger partial charge is 0.324 e. The molecule has 0 spiro atoms. The van der Waals surface area contributed by atoms with Gasteiger partial charge in [-0.25, -0.2) is 4.98 Å². The van der Waals surface area contributed by atoms with Gasteiger partial charge in [0, 0.05) is 6.04 Å². The third-order valence-electron chi connectivity index (χ3n) is 3.52. The molecule has 3 rings (SSSR count). The molecule has 0 unspecified atom stereocenters. The van der Waals surface area contributed by atoms with E-state index in [1.54, 1.807) is 6.92 Å². The van der Waals surface area contributed by atoms with E-state index in [2.05, 4.69) is 15.6 Å². The van der Waals surface area contributed by atoms with Crippen molar-refractivity contribution in [3.8, 4) is 0 Å². The van der Waals surface area contributed by atoms with Gasteiger partial charge in [-0.2, -0.15) is 0 Å². The Bertz CT molecular complexity index is 567. The third kappa shape index (κ3) is 1.75. The van der Waals surface area contributed by atoms with Crippen LogP contribution in [0.15, 0.2) is 24.3 Å². The van der Waals surface area contributed by atoms with E-state index in [4.69, 9.17) is 0 Å². The Labute approximate surface area is 100 Å². The highest BCUT2D eigenvalue weighted by Crippen LogP contribution is 2.35. The van der Waals surface area contributed by atoms with Crippen molar-refractivity contribution in [3.63, 3.8) is 0 Å². The molecule has 3 nitrogen and oxygen atoms in total. The molecule has 1 aliphatic carbocycles. The molecule has 0 aliphatic heterocycles. The lowest BCUT2D eigenvalue weighted by Gasteiger charge is -2.29. The molecule has 1 heterocycles. The zero-order valence-electron chi connectivity index (χ0n) is 10.0. The lowest BCUT2D eigenvalue weighted by Crippen LogP contribution is -2.20. The number of imidazole rings is 1. The van der Waals surface area contributed by atoms with E-state index in [-0.39, 0.29) is 5.78 Å². The molecule has 3 heteroatoms. The molecule has 88 valence electrons. The van der Waals surface area contributed by atoms with Crippen LogP contribution in [0.5, 0.6) is 0 Å². The first-order valence-electron chi connectivity index (χ1n) is 6.21. The first-order chi connectivity index (χ1) is 8.25. The molecule has 1 fully saturated rings. The number of carbonyl (C=O) groups is 1. The second-order valence-corrected chi connectivity index (χ2v) is 4.85. The number of hydrogen-bond donors (Lipinski definition) is 0. The van der Waals surface area contributed by atoms with Gasteiger partial charge in [0.1, 0.15) is 11.6 Å². The molecule has 0 atom stereocenters. The van der Waals surface area contributed by atoms with Crippen LogP contribution in [0.25, 0.3) is 11.0 Å². The fourth-order valence-electron chi connectivity index (χ4n) is 2.49. The van der Waals surface area contributed by atoms with E-state index < -0.39 is 0 Å². The Morgan fingerprint density at radius 1 is 1.41 bits per heavy atom. The van der Waals surface area contributed by atoms with Crippen LogP contribution in [-0.2, 0) is 11.2 Å². The van der Waals surface area contributed by atoms with E-state index in [0.717, 1.165) is 11.3 Å². The number of hydrogen-bond acceptors (Lipinski definition) is 2. The summed E-state index contributed by atoms with van der Waals surface area (Å²) < 4.78 is 2.28. The number of aromatic nitrogens is 2. The highest BCUT2D eigenvalue weighted by molar-refractivity contribution is 5.81. The maximum absolute atomic E-state index is 11.3. The molecule has 2 aromatic rings. The van der Waals surface area contributed by atoms with Crippen molar-refractivity contribution in [3.05, 3.63) is 30.1 Å². The van der Waals surface area contributed by atoms with Crippen LogP contribution in [-0.4, -0.2) is 15.3 Å². The first kappa shape index (κ1) is 10.5. The third-order valence-corrected chi connectivity index (χ3v) is 3.52. The second kappa shape index (κ2) is 3.99. The van der Waals surface area contributed by atoms with Gasteiger partial charge in [0.2, 0.25) is 0 Å². The number of nitrogens with zero attached hydrogens (tertiary/aromatic N) is 2. The molecule has 1 aromatic heterocycles. The van der Waals surface area contributed by atoms with E-state index in [0.29, 0.717) is 12.5 Å². The zero-order chi connectivity index (χ0) is 11.8. The van der Waals surface area contributed by atoms with E-state index >= 15 is 0 Å². The van der Waals surface area contributed by atoms with Crippen molar-refractivity contribution in [2.24, 2.45) is 0 Å². The van der Waals surface area contributed by atoms with E-state index in [1.807, 2.05) is 18.2 Å². The number of para-hydroxylation sites is 2. The zero-order valence-corrected chi connectivity index (χ0v) is 10.0. The molecule has 0 bridgehead atoms. The normalized spacial score (nSPS) is 16.1. The highest BCUT2D eigenvalue weighted by atomic mass is 16.1. The number of ketones is 1. The van der Waals surface area contributed by atoms with Gasteiger partial charge in [-0.05, 0) is 38.3 Å². The van der Waals surface area contributed by atoms with Gasteiger partial charge in [0.05, 0.1) is 17.5 Å². The van der Waals surface area contributed by atoms with Gasteiger partial charge in [0.15, 0.2) is 0 Å². The summed E-state index contributed by atoms with van der Waals surface area (Å²) in [6.45, 7) is 1.63. The van der Waals surface area contributed by atoms with Crippen molar-refractivity contribution >= 4 is 16.8 Å². The van der Waals surface area contributed by atoms with Crippen LogP contribution in [0.4, 0.5) is 0 Å². The smallest absolute Gasteiger partial charge is 0.137 e. The van der Waals surface area contributed by atoms with Gasteiger partial charge < -0.3 is 4.57 Å². The average molecular weight is 228 g/mol. The summed E-state index contributed by atoms with van der Waals surface area (Å²) in [6.07, 6.45) is 4.17. The van der Waals surface area contributed by atoms with Crippen molar-refractivity contribution in [2.45, 2.75) is 38.6 Å². The Hall–Kier alpha value is -1.64. The van der Waals surface area contributed by atoms with Gasteiger partial charge in [-0.1, -0.05) is 12.1 Å². The average Bonchev–Trinajstić information content (AvgIpc) is 2.54. The van der Waals surface area contributed by atoms with Crippen LogP contribution in [0.2, 0.25) is 0 Å². The van der Waals surface area contributed by atoms with Gasteiger partial charge >= 0.3 is 0 Å². The fraction of sp³-hybridized carbons (Fsp3) is 0.429. The quantitative estimate of drug-likeness (QED) is 0.809. The minimum atomic E-state index is 0.181. The molecule has 1 aliphatic rings. The van der Waals surface area contributed by atoms with E-state index in [9.17, 15) is 4.79 Å². The molecule has 0 amide bonds. The summed E-state index contributed by atoms with van der Waals surface area (Å²) in [4.78, 5) is 15.9. The second-order valence-electron chi connectivity index (χ2n) is 4.85. The van der Waals surface area contributed by atoms with Gasteiger partial charge in [0.25, 0.3) is 0 Å². The summed E-state index contributed by atoms with van der Waals surface area (Å²) in [5, 5.41) is 0. The Kier molecular flexibility index (Phi) is 2.46. The Morgan fingerprint density at radius 2 is 2.18 bits per heavy atom. The van der Waals surface area contributed by atoms with Gasteiger partial charge in [-0.3, -0.25) is 4.79 Å². The summed E-state index contributed by atoms with van der Waals surface area (Å²) >= 11 is 0. The highest BCUT2D eigenvalue weighted by Gasteiger charge is 2.24.